The van der Waals surface area contributed by atoms with Gasteiger partial charge in [0.05, 0.1) is 0 Å². The number of nitrogens with one attached hydrogen (secondary N) is 1. The summed E-state index contributed by atoms with van der Waals surface area (Å²) in [6, 6.07) is 13.9. The van der Waals surface area contributed by atoms with E-state index in [1.807, 2.05) is 24.3 Å². The lowest BCUT2D eigenvalue weighted by molar-refractivity contribution is 0.0951. The number of aromatic hydroxyl groups is 1. The van der Waals surface area contributed by atoms with Crippen molar-refractivity contribution in [1.29, 1.82) is 0 Å². The van der Waals surface area contributed by atoms with Gasteiger partial charge >= 0.3 is 0 Å². The molecule has 0 unspecified atom stereocenters. The highest BCUT2D eigenvalue weighted by molar-refractivity contribution is 9.10. The highest BCUT2D eigenvalue weighted by atomic mass is 79.9. The van der Waals surface area contributed by atoms with E-state index < -0.39 is 0 Å². The van der Waals surface area contributed by atoms with E-state index in [2.05, 4.69) is 21.2 Å². The molecule has 18 heavy (non-hydrogen) atoms. The Bertz CT molecular complexity index is 535. The Kier molecular flexibility index (Phi) is 3.99. The molecule has 0 bridgehead atoms. The number of carbonyl (C=O) groups excluding carboxylic acids is 1. The minimum Gasteiger partial charge on any atom is -0.508 e. The van der Waals surface area contributed by atoms with Crippen molar-refractivity contribution in [3.8, 4) is 5.75 Å². The number of phenolic OH excluding ortho intramolecular Hbond substituents is 1. The lowest BCUT2D eigenvalue weighted by Gasteiger charge is -2.05. The van der Waals surface area contributed by atoms with Crippen molar-refractivity contribution in [3.05, 3.63) is 64.1 Å². The molecule has 0 radical (unpaired) electrons. The Labute approximate surface area is 114 Å². The first-order valence-electron chi connectivity index (χ1n) is 5.47. The molecule has 4 heteroatoms. The SMILES string of the molecule is O=C(NCc1ccc(Br)cc1)c1ccc(O)cc1. The van der Waals surface area contributed by atoms with Crippen molar-refractivity contribution in [2.45, 2.75) is 6.54 Å². The Morgan fingerprint density at radius 1 is 1.06 bits per heavy atom. The van der Waals surface area contributed by atoms with Gasteiger partial charge in [-0.3, -0.25) is 4.79 Å². The molecule has 92 valence electrons. The maximum atomic E-state index is 11.8. The van der Waals surface area contributed by atoms with Gasteiger partial charge in [0, 0.05) is 16.6 Å². The molecule has 0 saturated carbocycles. The summed E-state index contributed by atoms with van der Waals surface area (Å²) in [7, 11) is 0. The van der Waals surface area contributed by atoms with Crippen molar-refractivity contribution in [2.75, 3.05) is 0 Å². The summed E-state index contributed by atoms with van der Waals surface area (Å²) in [6.07, 6.45) is 0. The third kappa shape index (κ3) is 3.34. The van der Waals surface area contributed by atoms with E-state index in [0.717, 1.165) is 10.0 Å². The fraction of sp³-hybridized carbons (Fsp3) is 0.0714. The lowest BCUT2D eigenvalue weighted by Crippen LogP contribution is -2.22. The fourth-order valence-electron chi connectivity index (χ4n) is 1.50. The minimum absolute atomic E-state index is 0.152. The molecule has 1 amide bonds. The summed E-state index contributed by atoms with van der Waals surface area (Å²) in [5.74, 6) is -0.00243. The third-order valence-electron chi connectivity index (χ3n) is 2.50. The van der Waals surface area contributed by atoms with E-state index in [9.17, 15) is 4.79 Å². The molecule has 0 heterocycles. The van der Waals surface area contributed by atoms with Crippen LogP contribution >= 0.6 is 15.9 Å². The van der Waals surface area contributed by atoms with Gasteiger partial charge in [0.25, 0.3) is 5.91 Å². The van der Waals surface area contributed by atoms with Crippen LogP contribution in [0.4, 0.5) is 0 Å². The minimum atomic E-state index is -0.155. The number of hydrogen-bond acceptors (Lipinski definition) is 2. The predicted octanol–water partition coefficient (Wildman–Crippen LogP) is 3.08. The number of halogens is 1. The first kappa shape index (κ1) is 12.6. The molecule has 0 aromatic heterocycles. The summed E-state index contributed by atoms with van der Waals surface area (Å²) in [6.45, 7) is 0.479. The lowest BCUT2D eigenvalue weighted by atomic mass is 10.2. The smallest absolute Gasteiger partial charge is 0.251 e. The van der Waals surface area contributed by atoms with Crippen molar-refractivity contribution in [1.82, 2.24) is 5.32 Å². The van der Waals surface area contributed by atoms with E-state index in [1.165, 1.54) is 12.1 Å². The summed E-state index contributed by atoms with van der Waals surface area (Å²) >= 11 is 3.36. The number of phenols is 1. The highest BCUT2D eigenvalue weighted by Crippen LogP contribution is 2.11. The van der Waals surface area contributed by atoms with E-state index in [4.69, 9.17) is 5.11 Å². The maximum Gasteiger partial charge on any atom is 0.251 e. The van der Waals surface area contributed by atoms with Crippen LogP contribution in [0, 0.1) is 0 Å². The van der Waals surface area contributed by atoms with Crippen molar-refractivity contribution in [3.63, 3.8) is 0 Å². The molecule has 3 nitrogen and oxygen atoms in total. The predicted molar refractivity (Wildman–Crippen MR) is 73.4 cm³/mol. The van der Waals surface area contributed by atoms with Gasteiger partial charge in [-0.1, -0.05) is 28.1 Å². The summed E-state index contributed by atoms with van der Waals surface area (Å²) < 4.78 is 1.01. The van der Waals surface area contributed by atoms with Crippen LogP contribution < -0.4 is 5.32 Å². The van der Waals surface area contributed by atoms with Gasteiger partial charge in [0.15, 0.2) is 0 Å². The van der Waals surface area contributed by atoms with Gasteiger partial charge in [0.1, 0.15) is 5.75 Å². The van der Waals surface area contributed by atoms with E-state index in [0.29, 0.717) is 12.1 Å². The molecule has 0 aliphatic carbocycles. The molecular formula is C14H12BrNO2. The van der Waals surface area contributed by atoms with Gasteiger partial charge in [-0.25, -0.2) is 0 Å². The maximum absolute atomic E-state index is 11.8. The molecule has 0 spiro atoms. The molecule has 0 atom stereocenters. The van der Waals surface area contributed by atoms with Gasteiger partial charge in [0.2, 0.25) is 0 Å². The quantitative estimate of drug-likeness (QED) is 0.915. The summed E-state index contributed by atoms with van der Waals surface area (Å²) in [5, 5.41) is 12.0. The number of carbonyl (C=O) groups is 1. The standard InChI is InChI=1S/C14H12BrNO2/c15-12-5-1-10(2-6-12)9-16-14(18)11-3-7-13(17)8-4-11/h1-8,17H,9H2,(H,16,18). The molecule has 0 fully saturated rings. The number of benzene rings is 2. The Hall–Kier alpha value is -1.81. The largest absolute Gasteiger partial charge is 0.508 e. The van der Waals surface area contributed by atoms with Crippen LogP contribution in [-0.4, -0.2) is 11.0 Å². The zero-order chi connectivity index (χ0) is 13.0. The van der Waals surface area contributed by atoms with Crippen LogP contribution in [0.2, 0.25) is 0 Å². The average molecular weight is 306 g/mol. The van der Waals surface area contributed by atoms with Gasteiger partial charge in [-0.2, -0.15) is 0 Å². The van der Waals surface area contributed by atoms with E-state index >= 15 is 0 Å². The zero-order valence-corrected chi connectivity index (χ0v) is 11.1. The number of hydrogen-bond donors (Lipinski definition) is 2. The van der Waals surface area contributed by atoms with Crippen molar-refractivity contribution < 1.29 is 9.90 Å². The molecule has 0 saturated heterocycles. The van der Waals surface area contributed by atoms with E-state index in [-0.39, 0.29) is 11.7 Å². The Morgan fingerprint density at radius 3 is 2.28 bits per heavy atom. The molecule has 2 N–H and O–H groups in total. The highest BCUT2D eigenvalue weighted by Gasteiger charge is 2.04. The number of amides is 1. The zero-order valence-electron chi connectivity index (χ0n) is 9.56. The van der Waals surface area contributed by atoms with Crippen LogP contribution in [0.15, 0.2) is 53.0 Å². The average Bonchev–Trinajstić information content (AvgIpc) is 2.38. The topological polar surface area (TPSA) is 49.3 Å². The van der Waals surface area contributed by atoms with Gasteiger partial charge in [-0.05, 0) is 42.0 Å². The summed E-state index contributed by atoms with van der Waals surface area (Å²) in [5.41, 5.74) is 1.57. The van der Waals surface area contributed by atoms with Crippen LogP contribution in [0.3, 0.4) is 0 Å². The van der Waals surface area contributed by atoms with Crippen LogP contribution in [0.5, 0.6) is 5.75 Å². The van der Waals surface area contributed by atoms with Crippen LogP contribution in [0.1, 0.15) is 15.9 Å². The second kappa shape index (κ2) is 5.69. The Morgan fingerprint density at radius 2 is 1.67 bits per heavy atom. The first-order chi connectivity index (χ1) is 8.65. The second-order valence-corrected chi connectivity index (χ2v) is 4.77. The molecule has 2 rings (SSSR count). The normalized spacial score (nSPS) is 10.1. The third-order valence-corrected chi connectivity index (χ3v) is 3.02. The fourth-order valence-corrected chi connectivity index (χ4v) is 1.76. The molecule has 0 aliphatic heterocycles. The molecular weight excluding hydrogens is 294 g/mol. The second-order valence-electron chi connectivity index (χ2n) is 3.86. The van der Waals surface area contributed by atoms with Crippen LogP contribution in [0.25, 0.3) is 0 Å². The Balaban J connectivity index is 1.96. The van der Waals surface area contributed by atoms with Crippen LogP contribution in [-0.2, 0) is 6.54 Å². The molecule has 2 aromatic rings. The van der Waals surface area contributed by atoms with Gasteiger partial charge < -0.3 is 10.4 Å². The molecule has 0 aliphatic rings. The molecule has 2 aromatic carbocycles. The monoisotopic (exact) mass is 305 g/mol. The van der Waals surface area contributed by atoms with Crippen molar-refractivity contribution in [2.24, 2.45) is 0 Å². The van der Waals surface area contributed by atoms with Crippen molar-refractivity contribution >= 4 is 21.8 Å². The summed E-state index contributed by atoms with van der Waals surface area (Å²) in [4.78, 5) is 11.8. The number of rotatable bonds is 3. The first-order valence-corrected chi connectivity index (χ1v) is 6.26. The van der Waals surface area contributed by atoms with E-state index in [1.54, 1.807) is 12.1 Å². The van der Waals surface area contributed by atoms with Gasteiger partial charge in [-0.15, -0.1) is 0 Å².